The highest BCUT2D eigenvalue weighted by Gasteiger charge is 2.43. The average molecular weight is 472 g/mol. The van der Waals surface area contributed by atoms with E-state index in [1.54, 1.807) is 36.2 Å². The number of fused-ring (bicyclic) bond motifs is 2. The highest BCUT2D eigenvalue weighted by atomic mass is 32.2. The van der Waals surface area contributed by atoms with Gasteiger partial charge >= 0.3 is 0 Å². The number of hydrogen-bond acceptors (Lipinski definition) is 4. The molecule has 6 nitrogen and oxygen atoms in total. The molecule has 34 heavy (non-hydrogen) atoms. The maximum Gasteiger partial charge on any atom is 0.285 e. The summed E-state index contributed by atoms with van der Waals surface area (Å²) >= 11 is 0. The van der Waals surface area contributed by atoms with Crippen molar-refractivity contribution in [2.75, 3.05) is 20.1 Å². The molecule has 1 N–H and O–H groups in total. The van der Waals surface area contributed by atoms with Crippen molar-refractivity contribution < 1.29 is 13.2 Å². The molecule has 0 saturated carbocycles. The number of benzene rings is 3. The van der Waals surface area contributed by atoms with Crippen LogP contribution in [0.15, 0.2) is 82.1 Å². The summed E-state index contributed by atoms with van der Waals surface area (Å²) < 4.78 is 28.6. The van der Waals surface area contributed by atoms with Crippen LogP contribution in [0.4, 0.5) is 0 Å². The van der Waals surface area contributed by atoms with E-state index in [1.807, 2.05) is 0 Å². The molecule has 1 aliphatic heterocycles. The Labute approximate surface area is 199 Å². The van der Waals surface area contributed by atoms with E-state index in [0.717, 1.165) is 6.42 Å². The summed E-state index contributed by atoms with van der Waals surface area (Å²) in [5, 5.41) is 3.11. The van der Waals surface area contributed by atoms with Crippen LogP contribution in [0.25, 0.3) is 0 Å². The molecule has 1 unspecified atom stereocenters. The lowest BCUT2D eigenvalue weighted by Gasteiger charge is -2.45. The van der Waals surface area contributed by atoms with Crippen LogP contribution in [0.5, 0.6) is 0 Å². The molecule has 1 amide bonds. The van der Waals surface area contributed by atoms with Gasteiger partial charge in [0, 0.05) is 31.0 Å². The van der Waals surface area contributed by atoms with Crippen molar-refractivity contribution in [3.05, 3.63) is 101 Å². The molecule has 1 heterocycles. The maximum absolute atomic E-state index is 12.9. The minimum Gasteiger partial charge on any atom is -0.354 e. The Morgan fingerprint density at radius 2 is 1.53 bits per heavy atom. The molecule has 2 bridgehead atoms. The Hall–Kier alpha value is -3.45. The van der Waals surface area contributed by atoms with Crippen LogP contribution in [0.3, 0.4) is 0 Å². The first-order valence-corrected chi connectivity index (χ1v) is 13.0. The second kappa shape index (κ2) is 7.81. The fourth-order valence-electron chi connectivity index (χ4n) is 5.91. The van der Waals surface area contributed by atoms with Crippen LogP contribution < -0.4 is 5.32 Å². The van der Waals surface area contributed by atoms with Gasteiger partial charge in [0.25, 0.3) is 10.0 Å². The normalized spacial score (nSPS) is 22.9. The zero-order valence-corrected chi connectivity index (χ0v) is 19.6. The summed E-state index contributed by atoms with van der Waals surface area (Å²) in [6.45, 7) is 0.620. The van der Waals surface area contributed by atoms with Gasteiger partial charge in [-0.05, 0) is 46.7 Å². The first-order chi connectivity index (χ1) is 16.4. The summed E-state index contributed by atoms with van der Waals surface area (Å²) in [5.41, 5.74) is 6.10. The van der Waals surface area contributed by atoms with E-state index in [1.165, 1.54) is 22.3 Å². The average Bonchev–Trinajstić information content (AvgIpc) is 3.14. The van der Waals surface area contributed by atoms with E-state index >= 15 is 0 Å². The molecule has 3 aromatic rings. The number of hydrogen-bond donors (Lipinski definition) is 1. The maximum atomic E-state index is 12.9. The lowest BCUT2D eigenvalue weighted by atomic mass is 9.59. The Kier molecular flexibility index (Phi) is 4.85. The molecule has 0 aromatic heterocycles. The Morgan fingerprint density at radius 3 is 2.21 bits per heavy atom. The van der Waals surface area contributed by atoms with Crippen molar-refractivity contribution in [1.29, 1.82) is 0 Å². The van der Waals surface area contributed by atoms with Gasteiger partial charge in [-0.2, -0.15) is 8.42 Å². The molecule has 0 saturated heterocycles. The third-order valence-electron chi connectivity index (χ3n) is 7.34. The van der Waals surface area contributed by atoms with Crippen molar-refractivity contribution in [1.82, 2.24) is 10.2 Å². The molecule has 0 fully saturated rings. The van der Waals surface area contributed by atoms with E-state index in [4.69, 9.17) is 0 Å². The fourth-order valence-corrected chi connectivity index (χ4v) is 7.17. The number of amidine groups is 1. The number of sulfonamides is 1. The summed E-state index contributed by atoms with van der Waals surface area (Å²) in [6, 6.07) is 24.1. The molecule has 0 radical (unpaired) electrons. The largest absolute Gasteiger partial charge is 0.354 e. The summed E-state index contributed by atoms with van der Waals surface area (Å²) in [4.78, 5) is 14.7. The smallest absolute Gasteiger partial charge is 0.285 e. The Balaban J connectivity index is 1.18. The minimum atomic E-state index is -3.71. The van der Waals surface area contributed by atoms with Gasteiger partial charge in [-0.1, -0.05) is 60.7 Å². The van der Waals surface area contributed by atoms with Gasteiger partial charge in [-0.3, -0.25) is 4.79 Å². The number of likely N-dealkylation sites (N-methyl/N-ethyl adjacent to an activating group) is 1. The quantitative estimate of drug-likeness (QED) is 0.632. The molecule has 3 aromatic carbocycles. The van der Waals surface area contributed by atoms with Gasteiger partial charge in [-0.25, -0.2) is 0 Å². The fraction of sp³-hybridized carbons (Fsp3) is 0.259. The number of carbonyl (C=O) groups is 1. The van der Waals surface area contributed by atoms with E-state index in [-0.39, 0.29) is 23.3 Å². The van der Waals surface area contributed by atoms with Crippen molar-refractivity contribution >= 4 is 21.8 Å². The third-order valence-corrected chi connectivity index (χ3v) is 8.66. The second-order valence-electron chi connectivity index (χ2n) is 9.33. The number of rotatable bonds is 4. The van der Waals surface area contributed by atoms with E-state index in [2.05, 4.69) is 58.2 Å². The zero-order chi connectivity index (χ0) is 23.4. The second-order valence-corrected chi connectivity index (χ2v) is 10.9. The van der Waals surface area contributed by atoms with Gasteiger partial charge in [0.1, 0.15) is 4.90 Å². The summed E-state index contributed by atoms with van der Waals surface area (Å²) in [7, 11) is -2.01. The highest BCUT2D eigenvalue weighted by molar-refractivity contribution is 7.90. The molecule has 7 rings (SSSR count). The number of nitrogens with one attached hydrogen (secondary N) is 1. The van der Waals surface area contributed by atoms with Crippen molar-refractivity contribution in [2.45, 2.75) is 23.2 Å². The predicted octanol–water partition coefficient (Wildman–Crippen LogP) is 3.48. The summed E-state index contributed by atoms with van der Waals surface area (Å²) in [5.74, 6) is 1.11. The molecular formula is C27H25N3O3S. The van der Waals surface area contributed by atoms with Crippen LogP contribution in [-0.2, 0) is 14.8 Å². The molecule has 7 heteroatoms. The highest BCUT2D eigenvalue weighted by Crippen LogP contribution is 2.55. The van der Waals surface area contributed by atoms with Crippen LogP contribution in [0, 0.1) is 5.92 Å². The number of carbonyl (C=O) groups excluding carboxylic acids is 1. The van der Waals surface area contributed by atoms with Crippen LogP contribution in [-0.4, -0.2) is 45.2 Å². The minimum absolute atomic E-state index is 0.0384. The third kappa shape index (κ3) is 3.26. The van der Waals surface area contributed by atoms with Crippen molar-refractivity contribution in [3.63, 3.8) is 0 Å². The van der Waals surface area contributed by atoms with Crippen LogP contribution in [0.1, 0.15) is 46.1 Å². The van der Waals surface area contributed by atoms with Crippen molar-refractivity contribution in [3.8, 4) is 0 Å². The SMILES string of the molecule is CN(CC(=O)NCC1CC2c3ccccc3C1c1ccccc12)C1=NS(=O)(=O)c2ccccc21. The van der Waals surface area contributed by atoms with Crippen LogP contribution in [0.2, 0.25) is 0 Å². The molecule has 1 atom stereocenters. The Morgan fingerprint density at radius 1 is 0.941 bits per heavy atom. The number of amides is 1. The first kappa shape index (κ1) is 21.1. The zero-order valence-electron chi connectivity index (χ0n) is 18.8. The molecule has 0 spiro atoms. The lowest BCUT2D eigenvalue weighted by Crippen LogP contribution is -2.43. The van der Waals surface area contributed by atoms with Crippen molar-refractivity contribution in [2.24, 2.45) is 10.3 Å². The van der Waals surface area contributed by atoms with E-state index in [9.17, 15) is 13.2 Å². The molecule has 172 valence electrons. The monoisotopic (exact) mass is 471 g/mol. The predicted molar refractivity (Wildman–Crippen MR) is 130 cm³/mol. The van der Waals surface area contributed by atoms with Gasteiger partial charge in [0.15, 0.2) is 5.84 Å². The standard InChI is InChI=1S/C27H25N3O3S/c1-30(27-22-12-6-7-13-24(22)34(32,33)29-27)16-25(31)28-15-17-14-23-18-8-2-4-10-20(18)26(17)21-11-5-3-9-19(21)23/h2-13,17,23,26H,14-16H2,1H3,(H,28,31). The Bertz CT molecular complexity index is 1400. The topological polar surface area (TPSA) is 78.8 Å². The van der Waals surface area contributed by atoms with E-state index in [0.29, 0.717) is 29.8 Å². The van der Waals surface area contributed by atoms with Crippen LogP contribution >= 0.6 is 0 Å². The molecule has 4 aliphatic rings. The van der Waals surface area contributed by atoms with E-state index < -0.39 is 10.0 Å². The lowest BCUT2D eigenvalue weighted by molar-refractivity contribution is -0.121. The van der Waals surface area contributed by atoms with Gasteiger partial charge in [0.05, 0.1) is 6.54 Å². The summed E-state index contributed by atoms with van der Waals surface area (Å²) in [6.07, 6.45) is 1.01. The van der Waals surface area contributed by atoms with Gasteiger partial charge in [0.2, 0.25) is 5.91 Å². The molecular weight excluding hydrogens is 446 g/mol. The molecule has 3 aliphatic carbocycles. The first-order valence-electron chi connectivity index (χ1n) is 11.5. The number of nitrogens with zero attached hydrogens (tertiary/aromatic N) is 2. The van der Waals surface area contributed by atoms with Gasteiger partial charge in [-0.15, -0.1) is 4.40 Å². The van der Waals surface area contributed by atoms with Gasteiger partial charge < -0.3 is 10.2 Å².